The molecule has 3 nitrogen and oxygen atoms in total. The monoisotopic (exact) mass is 961 g/mol. The van der Waals surface area contributed by atoms with Crippen molar-refractivity contribution < 1.29 is 0 Å². The molecule has 0 N–H and O–H groups in total. The van der Waals surface area contributed by atoms with Crippen molar-refractivity contribution in [2.45, 2.75) is 45.8 Å². The van der Waals surface area contributed by atoms with Crippen LogP contribution in [0.1, 0.15) is 26.3 Å². The maximum Gasteiger partial charge on any atom is 0.333 e. The number of para-hydroxylation sites is 2. The fourth-order valence-corrected chi connectivity index (χ4v) is 15.2. The van der Waals surface area contributed by atoms with E-state index < -0.39 is 0 Å². The van der Waals surface area contributed by atoms with Gasteiger partial charge in [-0.3, -0.25) is 0 Å². The normalized spacial score (nSPS) is 13.4. The molecule has 0 saturated heterocycles. The van der Waals surface area contributed by atoms with Crippen LogP contribution in [0.25, 0.3) is 64.2 Å². The number of aromatic nitrogens is 1. The molecule has 71 heavy (non-hydrogen) atoms. The second kappa shape index (κ2) is 15.5. The molecule has 15 rings (SSSR count). The Hall–Kier alpha value is -7.42. The molecule has 0 radical (unpaired) electrons. The van der Waals surface area contributed by atoms with E-state index in [1.807, 2.05) is 34.9 Å². The van der Waals surface area contributed by atoms with E-state index in [2.05, 4.69) is 247 Å². The first-order chi connectivity index (χ1) is 34.9. The first-order valence-electron chi connectivity index (χ1n) is 24.4. The zero-order valence-corrected chi connectivity index (χ0v) is 41.8. The van der Waals surface area contributed by atoms with Crippen LogP contribution in [0, 0.1) is 0 Å². The average molecular weight is 962 g/mol. The summed E-state index contributed by atoms with van der Waals surface area (Å²) in [6.45, 7) is 6.86. The van der Waals surface area contributed by atoms with Gasteiger partial charge in [0.05, 0.1) is 15.9 Å². The van der Waals surface area contributed by atoms with Gasteiger partial charge < -0.3 is 14.3 Å². The number of nitrogens with zero attached hydrogens (tertiary/aromatic N) is 3. The summed E-state index contributed by atoms with van der Waals surface area (Å²) in [4.78, 5) is 10.3. The quantitative estimate of drug-likeness (QED) is 0.159. The summed E-state index contributed by atoms with van der Waals surface area (Å²) in [6, 6.07) is 79.8. The van der Waals surface area contributed by atoms with Crippen LogP contribution in [0.15, 0.2) is 232 Å². The predicted molar refractivity (Wildman–Crippen MR) is 306 cm³/mol. The first-order valence-corrected chi connectivity index (χ1v) is 26.9. The lowest BCUT2D eigenvalue weighted by Gasteiger charge is -2.42. The van der Waals surface area contributed by atoms with Crippen LogP contribution in [-0.2, 0) is 5.41 Å². The Balaban J connectivity index is 1.12. The van der Waals surface area contributed by atoms with Gasteiger partial charge in [0.25, 0.3) is 0 Å². The van der Waals surface area contributed by atoms with Gasteiger partial charge in [-0.25, -0.2) is 0 Å². The van der Waals surface area contributed by atoms with Gasteiger partial charge in [0.15, 0.2) is 0 Å². The van der Waals surface area contributed by atoms with Crippen LogP contribution < -0.4 is 20.7 Å². The molecule has 0 bridgehead atoms. The molecule has 2 aromatic heterocycles. The van der Waals surface area contributed by atoms with Gasteiger partial charge in [-0.05, 0) is 129 Å². The van der Waals surface area contributed by atoms with Crippen LogP contribution >= 0.6 is 34.9 Å². The molecule has 10 aromatic carbocycles. The molecule has 7 heteroatoms. The van der Waals surface area contributed by atoms with Crippen molar-refractivity contribution >= 4 is 129 Å². The number of thiophene rings is 1. The van der Waals surface area contributed by atoms with Crippen molar-refractivity contribution in [2.24, 2.45) is 0 Å². The number of rotatable bonds is 5. The van der Waals surface area contributed by atoms with Crippen LogP contribution in [0.5, 0.6) is 0 Å². The summed E-state index contributed by atoms with van der Waals surface area (Å²) >= 11 is 5.75. The van der Waals surface area contributed by atoms with Crippen LogP contribution in [0.3, 0.4) is 0 Å². The van der Waals surface area contributed by atoms with Crippen molar-refractivity contribution in [3.05, 3.63) is 218 Å². The van der Waals surface area contributed by atoms with Crippen molar-refractivity contribution in [3.63, 3.8) is 0 Å². The molecule has 0 saturated carbocycles. The minimum absolute atomic E-state index is 0.0430. The molecule has 5 heterocycles. The lowest BCUT2D eigenvalue weighted by atomic mass is 9.44. The molecule has 336 valence electrons. The first kappa shape index (κ1) is 41.4. The number of anilines is 6. The molecule has 0 unspecified atom stereocenters. The zero-order chi connectivity index (χ0) is 47.1. The lowest BCUT2D eigenvalue weighted by molar-refractivity contribution is 0.590. The van der Waals surface area contributed by atoms with Crippen molar-refractivity contribution in [1.82, 2.24) is 4.48 Å². The Morgan fingerprint density at radius 2 is 1.10 bits per heavy atom. The average Bonchev–Trinajstić information content (AvgIpc) is 3.94. The Labute approximate surface area is 426 Å². The van der Waals surface area contributed by atoms with E-state index in [0.29, 0.717) is 0 Å². The van der Waals surface area contributed by atoms with E-state index in [4.69, 9.17) is 0 Å². The fourth-order valence-electron chi connectivity index (χ4n) is 11.7. The van der Waals surface area contributed by atoms with E-state index in [0.717, 1.165) is 17.1 Å². The molecular weight excluding hydrogens is 918 g/mol. The smallest absolute Gasteiger partial charge is 0.333 e. The van der Waals surface area contributed by atoms with Gasteiger partial charge in [0.1, 0.15) is 0 Å². The van der Waals surface area contributed by atoms with E-state index in [1.165, 1.54) is 117 Å². The van der Waals surface area contributed by atoms with Crippen LogP contribution in [0.4, 0.5) is 34.1 Å². The summed E-state index contributed by atoms with van der Waals surface area (Å²) in [5.41, 5.74) is 18.6. The molecule has 0 spiro atoms. The van der Waals surface area contributed by atoms with Crippen LogP contribution in [0.2, 0.25) is 0 Å². The minimum atomic E-state index is -0.117. The highest BCUT2D eigenvalue weighted by Crippen LogP contribution is 2.56. The van der Waals surface area contributed by atoms with Gasteiger partial charge in [-0.2, -0.15) is 0 Å². The molecule has 0 atom stereocenters. The summed E-state index contributed by atoms with van der Waals surface area (Å²) in [6.07, 6.45) is 0. The standard InChI is InChI=1S/C64H44BN3S3/c1-64(2,3)41-31-32-51(47(34-41)39-19-7-4-8-20-39)67-52-38-58-57(69-55-29-17-18-30-56(55)70-58)37-50(52)65-60-53(67)33-40-21-13-14-26-45(40)59(60)48-35-44(66(42-22-9-5-10-23-42)43-24-11-6-12-25-43)36-49-61(48)68(65)62-46-27-15-16-28-54(46)71-63(49)62/h4-38H,1-3H3. The maximum atomic E-state index is 2.77. The SMILES string of the molecule is CC(C)(C)c1ccc(N2c3cc4c(cc3B3c5c2cc2ccccc2c5-c2cc(N(c5ccccc5)c5ccccc5)cc5c6sc7ccccc7c6n3c25)Sc2ccccc2S4)c(-c2ccccc2)c1. The minimum Gasteiger partial charge on any atom is -0.374 e. The molecule has 3 aliphatic rings. The summed E-state index contributed by atoms with van der Waals surface area (Å²) in [5, 5.41) is 5.09. The Morgan fingerprint density at radius 3 is 1.82 bits per heavy atom. The number of hydrogen-bond donors (Lipinski definition) is 0. The van der Waals surface area contributed by atoms with E-state index >= 15 is 0 Å². The van der Waals surface area contributed by atoms with Gasteiger partial charge in [-0.1, -0.05) is 172 Å². The molecule has 12 aromatic rings. The second-order valence-corrected chi connectivity index (χ2v) is 23.3. The summed E-state index contributed by atoms with van der Waals surface area (Å²) in [5.74, 6) is 0. The molecule has 0 aliphatic carbocycles. The van der Waals surface area contributed by atoms with E-state index in [-0.39, 0.29) is 12.3 Å². The highest BCUT2D eigenvalue weighted by Gasteiger charge is 2.45. The molecule has 3 aliphatic heterocycles. The largest absolute Gasteiger partial charge is 0.374 e. The highest BCUT2D eigenvalue weighted by atomic mass is 32.2. The summed E-state index contributed by atoms with van der Waals surface area (Å²) in [7, 11) is 0. The van der Waals surface area contributed by atoms with Gasteiger partial charge in [0.2, 0.25) is 0 Å². The summed E-state index contributed by atoms with van der Waals surface area (Å²) < 4.78 is 5.41. The third kappa shape index (κ3) is 6.19. The maximum absolute atomic E-state index is 2.77. The Kier molecular flexibility index (Phi) is 9.06. The molecule has 0 fully saturated rings. The van der Waals surface area contributed by atoms with Crippen molar-refractivity contribution in [1.29, 1.82) is 0 Å². The third-order valence-corrected chi connectivity index (χ3v) is 18.6. The van der Waals surface area contributed by atoms with Gasteiger partial charge in [0, 0.05) is 80.1 Å². The third-order valence-electron chi connectivity index (χ3n) is 14.9. The molecule has 0 amide bonds. The second-order valence-electron chi connectivity index (χ2n) is 20.0. The number of benzene rings is 10. The topological polar surface area (TPSA) is 11.4 Å². The van der Waals surface area contributed by atoms with Gasteiger partial charge >= 0.3 is 6.85 Å². The Bertz CT molecular complexity index is 4130. The predicted octanol–water partition coefficient (Wildman–Crippen LogP) is 17.6. The van der Waals surface area contributed by atoms with E-state index in [9.17, 15) is 0 Å². The number of fused-ring (bicyclic) bond motifs is 13. The van der Waals surface area contributed by atoms with Crippen molar-refractivity contribution in [2.75, 3.05) is 9.80 Å². The number of hydrogen-bond acceptors (Lipinski definition) is 5. The van der Waals surface area contributed by atoms with E-state index in [1.54, 1.807) is 0 Å². The zero-order valence-electron chi connectivity index (χ0n) is 39.4. The van der Waals surface area contributed by atoms with Crippen LogP contribution in [-0.4, -0.2) is 11.3 Å². The lowest BCUT2D eigenvalue weighted by Crippen LogP contribution is -2.56. The van der Waals surface area contributed by atoms with Crippen molar-refractivity contribution in [3.8, 4) is 22.3 Å². The Morgan fingerprint density at radius 1 is 0.465 bits per heavy atom. The fraction of sp³-hybridized carbons (Fsp3) is 0.0625. The molecular formula is C64H44BN3S3. The van der Waals surface area contributed by atoms with Gasteiger partial charge in [-0.15, -0.1) is 11.3 Å². The highest BCUT2D eigenvalue weighted by molar-refractivity contribution is 8.05.